The minimum Gasteiger partial charge on any atom is -0.342 e. The van der Waals surface area contributed by atoms with E-state index in [1.54, 1.807) is 0 Å². The molecule has 0 aromatic carbocycles. The van der Waals surface area contributed by atoms with Crippen LogP contribution in [-0.2, 0) is 4.79 Å². The molecule has 0 aromatic heterocycles. The molecule has 2 aliphatic rings. The minimum absolute atomic E-state index is 0.275. The van der Waals surface area contributed by atoms with Crippen molar-refractivity contribution in [1.29, 1.82) is 0 Å². The summed E-state index contributed by atoms with van der Waals surface area (Å²) in [7, 11) is 0. The molecule has 0 bridgehead atoms. The Balaban J connectivity index is 1.72. The van der Waals surface area contributed by atoms with Crippen LogP contribution in [0.2, 0.25) is 0 Å². The number of nitrogens with one attached hydrogen (secondary N) is 1. The van der Waals surface area contributed by atoms with Gasteiger partial charge in [0.1, 0.15) is 0 Å². The first-order chi connectivity index (χ1) is 6.77. The van der Waals surface area contributed by atoms with E-state index in [9.17, 15) is 4.79 Å². The van der Waals surface area contributed by atoms with Crippen LogP contribution >= 0.6 is 0 Å². The number of rotatable bonds is 3. The zero-order valence-electron chi connectivity index (χ0n) is 8.96. The van der Waals surface area contributed by atoms with Gasteiger partial charge in [0.15, 0.2) is 0 Å². The molecule has 0 aromatic rings. The standard InChI is InChI=1S/C11H20N2O/c1-9-3-6-13(11(9)14)7-4-10-2-5-12-8-10/h9-10,12H,2-8H2,1H3. The molecular formula is C11H20N2O. The summed E-state index contributed by atoms with van der Waals surface area (Å²) in [5, 5.41) is 3.36. The van der Waals surface area contributed by atoms with Gasteiger partial charge in [0, 0.05) is 19.0 Å². The van der Waals surface area contributed by atoms with Crippen molar-refractivity contribution in [3.8, 4) is 0 Å². The number of carbonyl (C=O) groups excluding carboxylic acids is 1. The molecule has 0 spiro atoms. The maximum atomic E-state index is 11.6. The largest absolute Gasteiger partial charge is 0.342 e. The molecule has 2 saturated heterocycles. The van der Waals surface area contributed by atoms with Gasteiger partial charge in [-0.25, -0.2) is 0 Å². The quantitative estimate of drug-likeness (QED) is 0.726. The third-order valence-electron chi connectivity index (χ3n) is 3.53. The second-order valence-electron chi connectivity index (χ2n) is 4.66. The Morgan fingerprint density at radius 1 is 1.50 bits per heavy atom. The topological polar surface area (TPSA) is 32.3 Å². The van der Waals surface area contributed by atoms with Crippen molar-refractivity contribution >= 4 is 5.91 Å². The van der Waals surface area contributed by atoms with Gasteiger partial charge in [-0.05, 0) is 38.3 Å². The smallest absolute Gasteiger partial charge is 0.225 e. The van der Waals surface area contributed by atoms with Gasteiger partial charge in [-0.1, -0.05) is 6.92 Å². The predicted molar refractivity (Wildman–Crippen MR) is 56.0 cm³/mol. The summed E-state index contributed by atoms with van der Waals surface area (Å²) >= 11 is 0. The molecule has 3 heteroatoms. The lowest BCUT2D eigenvalue weighted by molar-refractivity contribution is -0.130. The van der Waals surface area contributed by atoms with E-state index in [1.165, 1.54) is 12.8 Å². The number of carbonyl (C=O) groups is 1. The zero-order valence-corrected chi connectivity index (χ0v) is 8.96. The Bertz CT molecular complexity index is 211. The molecular weight excluding hydrogens is 176 g/mol. The second-order valence-corrected chi connectivity index (χ2v) is 4.66. The Morgan fingerprint density at radius 2 is 2.36 bits per heavy atom. The average Bonchev–Trinajstić information content (AvgIpc) is 2.77. The summed E-state index contributed by atoms with van der Waals surface area (Å²) in [6.45, 7) is 6.32. The predicted octanol–water partition coefficient (Wildman–Crippen LogP) is 0.854. The average molecular weight is 196 g/mol. The Kier molecular flexibility index (Phi) is 3.06. The summed E-state index contributed by atoms with van der Waals surface area (Å²) < 4.78 is 0. The third-order valence-corrected chi connectivity index (χ3v) is 3.53. The van der Waals surface area contributed by atoms with Crippen molar-refractivity contribution in [3.05, 3.63) is 0 Å². The van der Waals surface area contributed by atoms with E-state index >= 15 is 0 Å². The lowest BCUT2D eigenvalue weighted by atomic mass is 10.1. The third kappa shape index (κ3) is 2.08. The van der Waals surface area contributed by atoms with Crippen LogP contribution in [0.4, 0.5) is 0 Å². The van der Waals surface area contributed by atoms with Crippen molar-refractivity contribution in [2.45, 2.75) is 26.2 Å². The summed E-state index contributed by atoms with van der Waals surface area (Å²) in [6.07, 6.45) is 3.53. The van der Waals surface area contributed by atoms with Crippen LogP contribution < -0.4 is 5.32 Å². The molecule has 1 N–H and O–H groups in total. The van der Waals surface area contributed by atoms with Crippen LogP contribution in [0.1, 0.15) is 26.2 Å². The van der Waals surface area contributed by atoms with E-state index in [1.807, 2.05) is 11.8 Å². The van der Waals surface area contributed by atoms with Crippen molar-refractivity contribution in [2.75, 3.05) is 26.2 Å². The normalized spacial score (nSPS) is 32.9. The highest BCUT2D eigenvalue weighted by Crippen LogP contribution is 2.19. The first kappa shape index (κ1) is 9.97. The molecule has 1 amide bonds. The summed E-state index contributed by atoms with van der Waals surface area (Å²) in [6, 6.07) is 0. The van der Waals surface area contributed by atoms with Crippen LogP contribution in [0.5, 0.6) is 0 Å². The summed E-state index contributed by atoms with van der Waals surface area (Å²) in [4.78, 5) is 13.7. The van der Waals surface area contributed by atoms with Gasteiger partial charge in [-0.2, -0.15) is 0 Å². The fraction of sp³-hybridized carbons (Fsp3) is 0.909. The molecule has 0 radical (unpaired) electrons. The molecule has 2 rings (SSSR count). The van der Waals surface area contributed by atoms with Gasteiger partial charge in [-0.3, -0.25) is 4.79 Å². The van der Waals surface area contributed by atoms with Crippen molar-refractivity contribution in [3.63, 3.8) is 0 Å². The molecule has 2 heterocycles. The molecule has 0 saturated carbocycles. The molecule has 2 atom stereocenters. The van der Waals surface area contributed by atoms with Crippen LogP contribution in [0.15, 0.2) is 0 Å². The number of hydrogen-bond acceptors (Lipinski definition) is 2. The first-order valence-corrected chi connectivity index (χ1v) is 5.77. The van der Waals surface area contributed by atoms with Gasteiger partial charge >= 0.3 is 0 Å². The Morgan fingerprint density at radius 3 is 2.93 bits per heavy atom. The van der Waals surface area contributed by atoms with Crippen LogP contribution in [0.25, 0.3) is 0 Å². The lowest BCUT2D eigenvalue weighted by Gasteiger charge is -2.18. The van der Waals surface area contributed by atoms with Gasteiger partial charge in [0.2, 0.25) is 5.91 Å². The fourth-order valence-corrected chi connectivity index (χ4v) is 2.42. The molecule has 0 aliphatic carbocycles. The highest BCUT2D eigenvalue weighted by molar-refractivity contribution is 5.80. The maximum Gasteiger partial charge on any atom is 0.225 e. The highest BCUT2D eigenvalue weighted by Gasteiger charge is 2.28. The van der Waals surface area contributed by atoms with Crippen molar-refractivity contribution in [1.82, 2.24) is 10.2 Å². The van der Waals surface area contributed by atoms with E-state index in [-0.39, 0.29) is 5.92 Å². The summed E-state index contributed by atoms with van der Waals surface area (Å²) in [5.74, 6) is 1.45. The highest BCUT2D eigenvalue weighted by atomic mass is 16.2. The molecule has 80 valence electrons. The SMILES string of the molecule is CC1CCN(CCC2CCNC2)C1=O. The van der Waals surface area contributed by atoms with Gasteiger partial charge in [-0.15, -0.1) is 0 Å². The number of nitrogens with zero attached hydrogens (tertiary/aromatic N) is 1. The van der Waals surface area contributed by atoms with E-state index in [4.69, 9.17) is 0 Å². The second kappa shape index (κ2) is 4.30. The Labute approximate surface area is 85.8 Å². The fourth-order valence-electron chi connectivity index (χ4n) is 2.42. The van der Waals surface area contributed by atoms with E-state index in [0.29, 0.717) is 5.91 Å². The van der Waals surface area contributed by atoms with Crippen LogP contribution in [0.3, 0.4) is 0 Å². The number of amides is 1. The van der Waals surface area contributed by atoms with Crippen molar-refractivity contribution < 1.29 is 4.79 Å². The van der Waals surface area contributed by atoms with Gasteiger partial charge in [0.05, 0.1) is 0 Å². The van der Waals surface area contributed by atoms with E-state index in [2.05, 4.69) is 5.32 Å². The number of hydrogen-bond donors (Lipinski definition) is 1. The van der Waals surface area contributed by atoms with E-state index < -0.39 is 0 Å². The van der Waals surface area contributed by atoms with Crippen molar-refractivity contribution in [2.24, 2.45) is 11.8 Å². The first-order valence-electron chi connectivity index (χ1n) is 5.77. The van der Waals surface area contributed by atoms with Crippen LogP contribution in [0, 0.1) is 11.8 Å². The van der Waals surface area contributed by atoms with E-state index in [0.717, 1.165) is 38.5 Å². The van der Waals surface area contributed by atoms with Gasteiger partial charge < -0.3 is 10.2 Å². The number of likely N-dealkylation sites (tertiary alicyclic amines) is 1. The maximum absolute atomic E-state index is 11.6. The molecule has 2 fully saturated rings. The Hall–Kier alpha value is -0.570. The molecule has 3 nitrogen and oxygen atoms in total. The molecule has 14 heavy (non-hydrogen) atoms. The molecule has 2 aliphatic heterocycles. The summed E-state index contributed by atoms with van der Waals surface area (Å²) in [5.41, 5.74) is 0. The lowest BCUT2D eigenvalue weighted by Crippen LogP contribution is -2.29. The molecule has 2 unspecified atom stereocenters. The minimum atomic E-state index is 0.275. The van der Waals surface area contributed by atoms with Gasteiger partial charge in [0.25, 0.3) is 0 Å². The zero-order chi connectivity index (χ0) is 9.97. The van der Waals surface area contributed by atoms with Crippen LogP contribution in [-0.4, -0.2) is 37.0 Å². The monoisotopic (exact) mass is 196 g/mol.